The highest BCUT2D eigenvalue weighted by Gasteiger charge is 2.19. The van der Waals surface area contributed by atoms with Crippen LogP contribution in [-0.2, 0) is 11.3 Å². The Kier molecular flexibility index (Phi) is 1.89. The quantitative estimate of drug-likeness (QED) is 0.514. The van der Waals surface area contributed by atoms with E-state index in [4.69, 9.17) is 4.74 Å². The summed E-state index contributed by atoms with van der Waals surface area (Å²) in [5.41, 5.74) is 4.01. The first-order valence-corrected chi connectivity index (χ1v) is 4.87. The van der Waals surface area contributed by atoms with Crippen molar-refractivity contribution in [1.29, 1.82) is 0 Å². The van der Waals surface area contributed by atoms with Crippen LogP contribution in [-0.4, -0.2) is 0 Å². The second kappa shape index (κ2) is 2.75. The Morgan fingerprint density at radius 3 is 3.18 bits per heavy atom. The first kappa shape index (κ1) is 7.55. The predicted octanol–water partition coefficient (Wildman–Crippen LogP) is 2.96. The summed E-state index contributed by atoms with van der Waals surface area (Å²) in [4.78, 5) is 0. The van der Waals surface area contributed by atoms with Gasteiger partial charge in [0, 0.05) is 0 Å². The van der Waals surface area contributed by atoms with Gasteiger partial charge in [-0.05, 0) is 40.6 Å². The smallest absolute Gasteiger partial charge is 0.134 e. The molecule has 0 spiro atoms. The summed E-state index contributed by atoms with van der Waals surface area (Å²) in [6.45, 7) is 2.89. The zero-order valence-corrected chi connectivity index (χ0v) is 8.46. The maximum atomic E-state index is 5.46. The Labute approximate surface area is 79.9 Å². The van der Waals surface area contributed by atoms with E-state index in [0.717, 1.165) is 6.61 Å². The fourth-order valence-electron chi connectivity index (χ4n) is 1.31. The molecule has 1 aliphatic rings. The molecule has 0 aromatic heterocycles. The van der Waals surface area contributed by atoms with Gasteiger partial charge in [0.25, 0.3) is 0 Å². The Hall–Kier alpha value is -0.0900. The fourth-order valence-corrected chi connectivity index (χ4v) is 2.07. The first-order chi connectivity index (χ1) is 5.27. The van der Waals surface area contributed by atoms with Gasteiger partial charge in [0.05, 0.1) is 6.61 Å². The van der Waals surface area contributed by atoms with Crippen molar-refractivity contribution in [2.75, 3.05) is 0 Å². The first-order valence-electron chi connectivity index (χ1n) is 3.62. The molecule has 58 valence electrons. The summed E-state index contributed by atoms with van der Waals surface area (Å²) >= 11 is 2.32. The van der Waals surface area contributed by atoms with Gasteiger partial charge in [-0.15, -0.1) is 0 Å². The average Bonchev–Trinajstić information content (AvgIpc) is 2.33. The highest BCUT2D eigenvalue weighted by atomic mass is 127. The molecular formula is C9H9IO. The predicted molar refractivity (Wildman–Crippen MR) is 52.7 cm³/mol. The zero-order chi connectivity index (χ0) is 7.84. The van der Waals surface area contributed by atoms with Crippen molar-refractivity contribution in [2.24, 2.45) is 0 Å². The minimum Gasteiger partial charge on any atom is -0.358 e. The molecule has 2 rings (SSSR count). The number of hydrogen-bond acceptors (Lipinski definition) is 1. The normalized spacial score (nSPS) is 21.8. The fraction of sp³-hybridized carbons (Fsp3) is 0.333. The molecule has 0 radical (unpaired) electrons. The van der Waals surface area contributed by atoms with Gasteiger partial charge in [-0.1, -0.05) is 23.8 Å². The summed E-state index contributed by atoms with van der Waals surface area (Å²) in [6, 6.07) is 6.50. The van der Waals surface area contributed by atoms with Crippen LogP contribution in [0.15, 0.2) is 18.2 Å². The Bertz CT molecular complexity index is 283. The van der Waals surface area contributed by atoms with Crippen LogP contribution in [0.3, 0.4) is 0 Å². The topological polar surface area (TPSA) is 9.23 Å². The van der Waals surface area contributed by atoms with E-state index >= 15 is 0 Å². The van der Waals surface area contributed by atoms with Crippen molar-refractivity contribution >= 4 is 22.6 Å². The summed E-state index contributed by atoms with van der Waals surface area (Å²) in [5.74, 6) is 0. The van der Waals surface area contributed by atoms with Crippen molar-refractivity contribution in [3.8, 4) is 0 Å². The number of alkyl halides is 1. The second-order valence-corrected chi connectivity index (χ2v) is 3.96. The number of hydrogen-bond donors (Lipinski definition) is 0. The van der Waals surface area contributed by atoms with Crippen LogP contribution < -0.4 is 0 Å². The molecule has 0 bridgehead atoms. The molecular weight excluding hydrogens is 251 g/mol. The second-order valence-electron chi connectivity index (χ2n) is 2.83. The molecule has 0 amide bonds. The molecule has 1 unspecified atom stereocenters. The molecule has 1 aliphatic heterocycles. The molecule has 1 nitrogen and oxygen atoms in total. The lowest BCUT2D eigenvalue weighted by molar-refractivity contribution is 0.138. The summed E-state index contributed by atoms with van der Waals surface area (Å²) in [7, 11) is 0. The number of ether oxygens (including phenoxy) is 1. The van der Waals surface area contributed by atoms with E-state index in [9.17, 15) is 0 Å². The van der Waals surface area contributed by atoms with E-state index < -0.39 is 0 Å². The van der Waals surface area contributed by atoms with Crippen LogP contribution in [0, 0.1) is 6.92 Å². The van der Waals surface area contributed by atoms with Gasteiger partial charge in [-0.3, -0.25) is 0 Å². The van der Waals surface area contributed by atoms with Gasteiger partial charge >= 0.3 is 0 Å². The van der Waals surface area contributed by atoms with Crippen LogP contribution in [0.2, 0.25) is 0 Å². The maximum Gasteiger partial charge on any atom is 0.134 e. The Morgan fingerprint density at radius 2 is 2.36 bits per heavy atom. The largest absolute Gasteiger partial charge is 0.358 e. The number of fused-ring (bicyclic) bond motifs is 1. The average molecular weight is 260 g/mol. The minimum atomic E-state index is 0.266. The van der Waals surface area contributed by atoms with Crippen molar-refractivity contribution in [1.82, 2.24) is 0 Å². The maximum absolute atomic E-state index is 5.46. The van der Waals surface area contributed by atoms with Crippen molar-refractivity contribution < 1.29 is 4.74 Å². The van der Waals surface area contributed by atoms with E-state index in [0.29, 0.717) is 0 Å². The SMILES string of the molecule is Cc1ccc2c(c1)C(I)OC2. The third-order valence-corrected chi connectivity index (χ3v) is 2.96. The van der Waals surface area contributed by atoms with E-state index in [-0.39, 0.29) is 4.11 Å². The third-order valence-electron chi connectivity index (χ3n) is 1.93. The van der Waals surface area contributed by atoms with E-state index in [1.165, 1.54) is 16.7 Å². The molecule has 2 heteroatoms. The number of aryl methyl sites for hydroxylation is 1. The van der Waals surface area contributed by atoms with Gasteiger partial charge in [0.15, 0.2) is 0 Å². The number of halogens is 1. The van der Waals surface area contributed by atoms with Crippen LogP contribution in [0.1, 0.15) is 20.8 Å². The van der Waals surface area contributed by atoms with Crippen molar-refractivity contribution in [2.45, 2.75) is 17.6 Å². The highest BCUT2D eigenvalue weighted by molar-refractivity contribution is 14.1. The molecule has 1 aromatic rings. The molecule has 0 aliphatic carbocycles. The van der Waals surface area contributed by atoms with E-state index in [2.05, 4.69) is 47.7 Å². The third kappa shape index (κ3) is 1.29. The highest BCUT2D eigenvalue weighted by Crippen LogP contribution is 2.35. The van der Waals surface area contributed by atoms with Crippen LogP contribution >= 0.6 is 22.6 Å². The van der Waals surface area contributed by atoms with Gasteiger partial charge in [-0.2, -0.15) is 0 Å². The van der Waals surface area contributed by atoms with Crippen LogP contribution in [0.5, 0.6) is 0 Å². The minimum absolute atomic E-state index is 0.266. The molecule has 0 saturated carbocycles. The van der Waals surface area contributed by atoms with Gasteiger partial charge < -0.3 is 4.74 Å². The van der Waals surface area contributed by atoms with Crippen molar-refractivity contribution in [3.05, 3.63) is 34.9 Å². The molecule has 1 heterocycles. The lowest BCUT2D eigenvalue weighted by Crippen LogP contribution is -1.84. The Balaban J connectivity index is 2.52. The molecule has 1 aromatic carbocycles. The van der Waals surface area contributed by atoms with Gasteiger partial charge in [-0.25, -0.2) is 0 Å². The molecule has 1 atom stereocenters. The van der Waals surface area contributed by atoms with Crippen molar-refractivity contribution in [3.63, 3.8) is 0 Å². The summed E-state index contributed by atoms with van der Waals surface area (Å²) in [6.07, 6.45) is 0. The van der Waals surface area contributed by atoms with E-state index in [1.54, 1.807) is 0 Å². The summed E-state index contributed by atoms with van der Waals surface area (Å²) in [5, 5.41) is 0. The lowest BCUT2D eigenvalue weighted by Gasteiger charge is -2.01. The Morgan fingerprint density at radius 1 is 1.55 bits per heavy atom. The molecule has 0 fully saturated rings. The monoisotopic (exact) mass is 260 g/mol. The van der Waals surface area contributed by atoms with Gasteiger partial charge in [0.2, 0.25) is 0 Å². The molecule has 0 saturated heterocycles. The number of benzene rings is 1. The van der Waals surface area contributed by atoms with Crippen LogP contribution in [0.25, 0.3) is 0 Å². The standard InChI is InChI=1S/C9H9IO/c1-6-2-3-7-5-11-9(10)8(7)4-6/h2-4,9H,5H2,1H3. The zero-order valence-electron chi connectivity index (χ0n) is 6.30. The lowest BCUT2D eigenvalue weighted by atomic mass is 10.1. The number of rotatable bonds is 0. The molecule has 11 heavy (non-hydrogen) atoms. The van der Waals surface area contributed by atoms with E-state index in [1.807, 2.05) is 0 Å². The molecule has 0 N–H and O–H groups in total. The van der Waals surface area contributed by atoms with Crippen LogP contribution in [0.4, 0.5) is 0 Å². The summed E-state index contributed by atoms with van der Waals surface area (Å²) < 4.78 is 5.73. The van der Waals surface area contributed by atoms with Gasteiger partial charge in [0.1, 0.15) is 4.11 Å².